The smallest absolute Gasteiger partial charge is 0.387 e. The average Bonchev–Trinajstić information content (AvgIpc) is 3.10. The van der Waals surface area contributed by atoms with E-state index in [0.29, 0.717) is 34.2 Å². The predicted molar refractivity (Wildman–Crippen MR) is 106 cm³/mol. The van der Waals surface area contributed by atoms with Crippen LogP contribution in [0.1, 0.15) is 20.9 Å². The number of carbonyl (C=O) groups is 1. The van der Waals surface area contributed by atoms with E-state index in [1.807, 2.05) is 18.2 Å². The number of ether oxygens (including phenoxy) is 2. The van der Waals surface area contributed by atoms with Crippen molar-refractivity contribution in [1.29, 1.82) is 0 Å². The molecule has 0 bridgehead atoms. The minimum atomic E-state index is -2.94. The van der Waals surface area contributed by atoms with Gasteiger partial charge in [0.05, 0.1) is 18.5 Å². The quantitative estimate of drug-likeness (QED) is 0.595. The fraction of sp³-hybridized carbons (Fsp3) is 0.250. The molecule has 0 aliphatic rings. The van der Waals surface area contributed by atoms with E-state index in [4.69, 9.17) is 4.74 Å². The van der Waals surface area contributed by atoms with Crippen LogP contribution in [0.3, 0.4) is 0 Å². The third kappa shape index (κ3) is 5.26. The molecular weight excluding hydrogens is 400 g/mol. The van der Waals surface area contributed by atoms with Crippen molar-refractivity contribution >= 4 is 17.2 Å². The highest BCUT2D eigenvalue weighted by atomic mass is 32.1. The zero-order chi connectivity index (χ0) is 20.8. The molecular formula is C20H19F2N3O3S. The van der Waals surface area contributed by atoms with Crippen LogP contribution in [0.5, 0.6) is 11.5 Å². The Kier molecular flexibility index (Phi) is 6.71. The van der Waals surface area contributed by atoms with Gasteiger partial charge in [-0.1, -0.05) is 12.1 Å². The first-order chi connectivity index (χ1) is 14.0. The van der Waals surface area contributed by atoms with Gasteiger partial charge >= 0.3 is 6.61 Å². The standard InChI is InChI=1S/C20H19F2N3O3S/c1-12-17(29-19(25-12)14-5-3-4-9-23-14)18(26)24-10-8-13-6-7-15(27-2)16(11-13)28-20(21)22/h3-7,9,11,20H,8,10H2,1-2H3,(H,24,26). The molecule has 0 radical (unpaired) electrons. The van der Waals surface area contributed by atoms with E-state index in [-0.39, 0.29) is 17.4 Å². The van der Waals surface area contributed by atoms with Crippen LogP contribution >= 0.6 is 11.3 Å². The van der Waals surface area contributed by atoms with Crippen molar-refractivity contribution in [2.24, 2.45) is 0 Å². The van der Waals surface area contributed by atoms with Gasteiger partial charge in [0.15, 0.2) is 11.5 Å². The van der Waals surface area contributed by atoms with Crippen LogP contribution in [0.2, 0.25) is 0 Å². The molecule has 29 heavy (non-hydrogen) atoms. The number of nitrogens with zero attached hydrogens (tertiary/aromatic N) is 2. The van der Waals surface area contributed by atoms with Crippen LogP contribution in [0.25, 0.3) is 10.7 Å². The number of hydrogen-bond donors (Lipinski definition) is 1. The fourth-order valence-corrected chi connectivity index (χ4v) is 3.63. The Hall–Kier alpha value is -3.07. The Morgan fingerprint density at radius 1 is 1.24 bits per heavy atom. The molecule has 0 aliphatic heterocycles. The number of methoxy groups -OCH3 is 1. The largest absolute Gasteiger partial charge is 0.493 e. The zero-order valence-corrected chi connectivity index (χ0v) is 16.6. The third-order valence-electron chi connectivity index (χ3n) is 4.03. The molecule has 9 heteroatoms. The number of alkyl halides is 2. The minimum Gasteiger partial charge on any atom is -0.493 e. The molecule has 2 aromatic heterocycles. The van der Waals surface area contributed by atoms with Crippen molar-refractivity contribution in [3.05, 3.63) is 58.7 Å². The lowest BCUT2D eigenvalue weighted by Crippen LogP contribution is -2.25. The summed E-state index contributed by atoms with van der Waals surface area (Å²) in [5, 5.41) is 3.51. The van der Waals surface area contributed by atoms with Crippen molar-refractivity contribution < 1.29 is 23.0 Å². The third-order valence-corrected chi connectivity index (χ3v) is 5.21. The summed E-state index contributed by atoms with van der Waals surface area (Å²) in [6, 6.07) is 10.3. The molecule has 3 aromatic rings. The van der Waals surface area contributed by atoms with Crippen LogP contribution in [-0.4, -0.2) is 36.1 Å². The number of thiazole rings is 1. The maximum Gasteiger partial charge on any atom is 0.387 e. The lowest BCUT2D eigenvalue weighted by Gasteiger charge is -2.11. The number of benzene rings is 1. The normalized spacial score (nSPS) is 10.8. The summed E-state index contributed by atoms with van der Waals surface area (Å²) in [7, 11) is 1.38. The maximum absolute atomic E-state index is 12.5. The number of amides is 1. The number of rotatable bonds is 8. The fourth-order valence-electron chi connectivity index (χ4n) is 2.67. The van der Waals surface area contributed by atoms with E-state index in [9.17, 15) is 13.6 Å². The van der Waals surface area contributed by atoms with Crippen LogP contribution < -0.4 is 14.8 Å². The molecule has 152 valence electrons. The second kappa shape index (κ2) is 9.42. The molecule has 0 saturated carbocycles. The number of carbonyl (C=O) groups excluding carboxylic acids is 1. The van der Waals surface area contributed by atoms with Gasteiger partial charge in [0.1, 0.15) is 9.88 Å². The van der Waals surface area contributed by atoms with E-state index >= 15 is 0 Å². The summed E-state index contributed by atoms with van der Waals surface area (Å²) in [4.78, 5) is 21.7. The number of halogens is 2. The molecule has 1 amide bonds. The molecule has 0 unspecified atom stereocenters. The first-order valence-corrected chi connectivity index (χ1v) is 9.58. The summed E-state index contributed by atoms with van der Waals surface area (Å²) in [6.07, 6.45) is 2.12. The number of hydrogen-bond acceptors (Lipinski definition) is 6. The molecule has 0 aliphatic carbocycles. The van der Waals surface area contributed by atoms with E-state index in [1.54, 1.807) is 25.3 Å². The number of aryl methyl sites for hydroxylation is 1. The summed E-state index contributed by atoms with van der Waals surface area (Å²) >= 11 is 1.28. The first kappa shape index (κ1) is 20.7. The molecule has 1 N–H and O–H groups in total. The SMILES string of the molecule is COc1ccc(CCNC(=O)c2sc(-c3ccccn3)nc2C)cc1OC(F)F. The number of nitrogens with one attached hydrogen (secondary N) is 1. The van der Waals surface area contributed by atoms with Gasteiger partial charge in [-0.2, -0.15) is 8.78 Å². The van der Waals surface area contributed by atoms with Gasteiger partial charge in [-0.25, -0.2) is 4.98 Å². The molecule has 2 heterocycles. The highest BCUT2D eigenvalue weighted by Crippen LogP contribution is 2.30. The van der Waals surface area contributed by atoms with Crippen LogP contribution in [0.4, 0.5) is 8.78 Å². The molecule has 0 saturated heterocycles. The van der Waals surface area contributed by atoms with Gasteiger partial charge in [0, 0.05) is 12.7 Å². The Morgan fingerprint density at radius 3 is 2.76 bits per heavy atom. The highest BCUT2D eigenvalue weighted by molar-refractivity contribution is 7.17. The second-order valence-electron chi connectivity index (χ2n) is 6.02. The summed E-state index contributed by atoms with van der Waals surface area (Å²) in [5.41, 5.74) is 2.08. The lowest BCUT2D eigenvalue weighted by molar-refractivity contribution is -0.0512. The van der Waals surface area contributed by atoms with E-state index in [1.165, 1.54) is 24.5 Å². The topological polar surface area (TPSA) is 73.3 Å². The van der Waals surface area contributed by atoms with Crippen LogP contribution in [-0.2, 0) is 6.42 Å². The van der Waals surface area contributed by atoms with E-state index < -0.39 is 6.61 Å². The maximum atomic E-state index is 12.5. The summed E-state index contributed by atoms with van der Waals surface area (Å²) in [5.74, 6) is -0.0511. The monoisotopic (exact) mass is 419 g/mol. The summed E-state index contributed by atoms with van der Waals surface area (Å²) in [6.45, 7) is -0.841. The van der Waals surface area contributed by atoms with E-state index in [2.05, 4.69) is 20.0 Å². The van der Waals surface area contributed by atoms with Crippen LogP contribution in [0, 0.1) is 6.92 Å². The van der Waals surface area contributed by atoms with Crippen molar-refractivity contribution in [2.45, 2.75) is 20.0 Å². The Morgan fingerprint density at radius 2 is 2.07 bits per heavy atom. The molecule has 3 rings (SSSR count). The number of pyridine rings is 1. The van der Waals surface area contributed by atoms with Gasteiger partial charge in [-0.15, -0.1) is 11.3 Å². The van der Waals surface area contributed by atoms with Gasteiger partial charge in [0.25, 0.3) is 5.91 Å². The molecule has 6 nitrogen and oxygen atoms in total. The first-order valence-electron chi connectivity index (χ1n) is 8.76. The second-order valence-corrected chi connectivity index (χ2v) is 7.02. The molecule has 0 fully saturated rings. The van der Waals surface area contributed by atoms with Crippen molar-refractivity contribution in [3.63, 3.8) is 0 Å². The van der Waals surface area contributed by atoms with Crippen LogP contribution in [0.15, 0.2) is 42.6 Å². The van der Waals surface area contributed by atoms with E-state index in [0.717, 1.165) is 5.56 Å². The highest BCUT2D eigenvalue weighted by Gasteiger charge is 2.17. The Balaban J connectivity index is 1.62. The number of aromatic nitrogens is 2. The van der Waals surface area contributed by atoms with Gasteiger partial charge in [-0.05, 0) is 43.2 Å². The predicted octanol–water partition coefficient (Wildman–Crippen LogP) is 4.10. The summed E-state index contributed by atoms with van der Waals surface area (Å²) < 4.78 is 34.6. The van der Waals surface area contributed by atoms with Gasteiger partial charge in [0.2, 0.25) is 0 Å². The van der Waals surface area contributed by atoms with Gasteiger partial charge < -0.3 is 14.8 Å². The van der Waals surface area contributed by atoms with Crippen molar-refractivity contribution in [3.8, 4) is 22.2 Å². The van der Waals surface area contributed by atoms with Crippen molar-refractivity contribution in [2.75, 3.05) is 13.7 Å². The minimum absolute atomic E-state index is 0.0374. The average molecular weight is 419 g/mol. The van der Waals surface area contributed by atoms with Crippen molar-refractivity contribution in [1.82, 2.24) is 15.3 Å². The Bertz CT molecular complexity index is 980. The Labute approximate surface area is 170 Å². The zero-order valence-electron chi connectivity index (χ0n) is 15.8. The molecule has 0 spiro atoms. The molecule has 1 aromatic carbocycles. The lowest BCUT2D eigenvalue weighted by atomic mass is 10.1. The molecule has 0 atom stereocenters. The van der Waals surface area contributed by atoms with Gasteiger partial charge in [-0.3, -0.25) is 9.78 Å².